The Bertz CT molecular complexity index is 717. The molecule has 0 bridgehead atoms. The Kier molecular flexibility index (Phi) is 6.32. The number of benzene rings is 1. The van der Waals surface area contributed by atoms with Gasteiger partial charge in [-0.15, -0.1) is 0 Å². The van der Waals surface area contributed by atoms with E-state index in [9.17, 15) is 14.0 Å². The fourth-order valence-electron chi connectivity index (χ4n) is 3.18. The van der Waals surface area contributed by atoms with Crippen LogP contribution in [0.5, 0.6) is 0 Å². The number of carbonyl (C=O) groups is 2. The number of rotatable bonds is 6. The lowest BCUT2D eigenvalue weighted by atomic mass is 10.1. The Hall–Kier alpha value is -1.86. The summed E-state index contributed by atoms with van der Waals surface area (Å²) in [5, 5.41) is -0.317. The number of piperidine rings is 1. The molecule has 2 aliphatic rings. The van der Waals surface area contributed by atoms with Crippen LogP contribution in [0.3, 0.4) is 0 Å². The van der Waals surface area contributed by atoms with Crippen molar-refractivity contribution in [2.24, 2.45) is 0 Å². The number of hydrogen-bond acceptors (Lipinski definition) is 5. The molecule has 3 rings (SSSR count). The normalized spacial score (nSPS) is 19.7. The molecular formula is C19H23FN2O3S. The number of thioether (sulfide) groups is 1. The summed E-state index contributed by atoms with van der Waals surface area (Å²) in [5.74, 6) is -0.741. The van der Waals surface area contributed by atoms with Gasteiger partial charge in [-0.2, -0.15) is 0 Å². The molecule has 7 heteroatoms. The summed E-state index contributed by atoms with van der Waals surface area (Å²) in [7, 11) is 1.57. The molecule has 0 saturated carbocycles. The molecule has 2 amide bonds. The van der Waals surface area contributed by atoms with Crippen molar-refractivity contribution in [1.82, 2.24) is 4.90 Å². The average Bonchev–Trinajstić information content (AvgIpc) is 2.91. The van der Waals surface area contributed by atoms with Crippen molar-refractivity contribution in [2.75, 3.05) is 38.3 Å². The van der Waals surface area contributed by atoms with Crippen LogP contribution in [0.1, 0.15) is 31.2 Å². The lowest BCUT2D eigenvalue weighted by Crippen LogP contribution is -2.29. The predicted octanol–water partition coefficient (Wildman–Crippen LogP) is 3.89. The van der Waals surface area contributed by atoms with Crippen LogP contribution in [-0.2, 0) is 9.53 Å². The van der Waals surface area contributed by atoms with Crippen LogP contribution in [0.25, 0.3) is 6.08 Å². The summed E-state index contributed by atoms with van der Waals surface area (Å²) in [6.45, 7) is 2.68. The third-order valence-corrected chi connectivity index (χ3v) is 5.50. The molecule has 26 heavy (non-hydrogen) atoms. The number of carbonyl (C=O) groups excluding carboxylic acids is 2. The van der Waals surface area contributed by atoms with Gasteiger partial charge in [-0.25, -0.2) is 4.39 Å². The molecule has 1 aromatic rings. The van der Waals surface area contributed by atoms with Crippen molar-refractivity contribution in [3.05, 3.63) is 34.5 Å². The second kappa shape index (κ2) is 8.68. The van der Waals surface area contributed by atoms with Crippen LogP contribution in [0, 0.1) is 5.82 Å². The molecule has 2 saturated heterocycles. The van der Waals surface area contributed by atoms with E-state index in [4.69, 9.17) is 4.74 Å². The van der Waals surface area contributed by atoms with Gasteiger partial charge in [0.15, 0.2) is 0 Å². The number of ether oxygens (including phenoxy) is 1. The van der Waals surface area contributed by atoms with Gasteiger partial charge >= 0.3 is 0 Å². The lowest BCUT2D eigenvalue weighted by molar-refractivity contribution is -0.122. The van der Waals surface area contributed by atoms with E-state index in [0.717, 1.165) is 43.4 Å². The first-order valence-corrected chi connectivity index (χ1v) is 9.70. The molecule has 0 N–H and O–H groups in total. The third-order valence-electron chi connectivity index (χ3n) is 4.60. The lowest BCUT2D eigenvalue weighted by Gasteiger charge is -2.28. The van der Waals surface area contributed by atoms with Crippen molar-refractivity contribution in [1.29, 1.82) is 0 Å². The van der Waals surface area contributed by atoms with E-state index in [-0.39, 0.29) is 21.9 Å². The maximum Gasteiger partial charge on any atom is 0.293 e. The second-order valence-electron chi connectivity index (χ2n) is 6.43. The first-order valence-electron chi connectivity index (χ1n) is 8.89. The van der Waals surface area contributed by atoms with Crippen LogP contribution in [0.15, 0.2) is 23.1 Å². The Morgan fingerprint density at radius 3 is 2.69 bits per heavy atom. The zero-order valence-electron chi connectivity index (χ0n) is 14.9. The monoisotopic (exact) mass is 378 g/mol. The van der Waals surface area contributed by atoms with Gasteiger partial charge in [0.05, 0.1) is 4.91 Å². The van der Waals surface area contributed by atoms with Gasteiger partial charge in [-0.3, -0.25) is 14.5 Å². The minimum Gasteiger partial charge on any atom is -0.385 e. The smallest absolute Gasteiger partial charge is 0.293 e. The van der Waals surface area contributed by atoms with Crippen LogP contribution in [0.4, 0.5) is 14.9 Å². The van der Waals surface area contributed by atoms with Crippen LogP contribution in [0.2, 0.25) is 0 Å². The SMILES string of the molecule is COCCCN1C(=O)S/C(=C/c2ccc(N3CCCCC3)cc2F)C1=O. The van der Waals surface area contributed by atoms with Crippen molar-refractivity contribution in [2.45, 2.75) is 25.7 Å². The summed E-state index contributed by atoms with van der Waals surface area (Å²) >= 11 is 0.856. The molecule has 1 aromatic carbocycles. The maximum atomic E-state index is 14.5. The summed E-state index contributed by atoms with van der Waals surface area (Å²) in [6.07, 6.45) is 5.52. The van der Waals surface area contributed by atoms with Crippen LogP contribution in [-0.4, -0.2) is 49.4 Å². The fourth-order valence-corrected chi connectivity index (χ4v) is 4.04. The molecule has 0 radical (unpaired) electrons. The summed E-state index contributed by atoms with van der Waals surface area (Å²) in [4.78, 5) is 28.0. The topological polar surface area (TPSA) is 49.9 Å². The van der Waals surface area contributed by atoms with E-state index in [1.165, 1.54) is 23.5 Å². The van der Waals surface area contributed by atoms with Gasteiger partial charge in [-0.05, 0) is 61.7 Å². The molecule has 0 unspecified atom stereocenters. The summed E-state index contributed by atoms with van der Waals surface area (Å²) < 4.78 is 19.5. The highest BCUT2D eigenvalue weighted by atomic mass is 32.2. The number of hydrogen-bond donors (Lipinski definition) is 0. The molecule has 0 aliphatic carbocycles. The van der Waals surface area contributed by atoms with E-state index >= 15 is 0 Å². The Labute approximate surface area is 157 Å². The van der Waals surface area contributed by atoms with Crippen molar-refractivity contribution >= 4 is 34.7 Å². The molecule has 0 atom stereocenters. The predicted molar refractivity (Wildman–Crippen MR) is 102 cm³/mol. The van der Waals surface area contributed by atoms with Gasteiger partial charge in [0.2, 0.25) is 0 Å². The van der Waals surface area contributed by atoms with Gasteiger partial charge in [0, 0.05) is 44.6 Å². The number of imide groups is 1. The Morgan fingerprint density at radius 2 is 2.00 bits per heavy atom. The first-order chi connectivity index (χ1) is 12.6. The van der Waals surface area contributed by atoms with Gasteiger partial charge < -0.3 is 9.64 Å². The van der Waals surface area contributed by atoms with Gasteiger partial charge in [0.25, 0.3) is 11.1 Å². The first kappa shape index (κ1) is 18.9. The summed E-state index contributed by atoms with van der Waals surface area (Å²) in [6, 6.07) is 5.07. The number of amides is 2. The van der Waals surface area contributed by atoms with E-state index in [0.29, 0.717) is 25.1 Å². The standard InChI is InChI=1S/C19H23FN2O3S/c1-25-11-5-10-22-18(23)17(26-19(22)24)12-14-6-7-15(13-16(14)20)21-8-3-2-4-9-21/h6-7,12-13H,2-5,8-11H2,1H3/b17-12+. The number of halogens is 1. The highest BCUT2D eigenvalue weighted by Gasteiger charge is 2.34. The van der Waals surface area contributed by atoms with E-state index in [1.807, 2.05) is 6.07 Å². The highest BCUT2D eigenvalue weighted by Crippen LogP contribution is 2.33. The molecule has 2 aliphatic heterocycles. The van der Waals surface area contributed by atoms with E-state index in [1.54, 1.807) is 13.2 Å². The molecular weight excluding hydrogens is 355 g/mol. The molecule has 2 heterocycles. The van der Waals surface area contributed by atoms with Crippen molar-refractivity contribution < 1.29 is 18.7 Å². The van der Waals surface area contributed by atoms with Crippen molar-refractivity contribution in [3.8, 4) is 0 Å². The molecule has 5 nitrogen and oxygen atoms in total. The van der Waals surface area contributed by atoms with Crippen molar-refractivity contribution in [3.63, 3.8) is 0 Å². The molecule has 0 aromatic heterocycles. The number of nitrogens with zero attached hydrogens (tertiary/aromatic N) is 2. The minimum atomic E-state index is -0.376. The number of anilines is 1. The number of methoxy groups -OCH3 is 1. The second-order valence-corrected chi connectivity index (χ2v) is 7.43. The molecule has 2 fully saturated rings. The average molecular weight is 378 g/mol. The maximum absolute atomic E-state index is 14.5. The highest BCUT2D eigenvalue weighted by molar-refractivity contribution is 8.18. The van der Waals surface area contributed by atoms with Gasteiger partial charge in [0.1, 0.15) is 5.82 Å². The Morgan fingerprint density at radius 1 is 1.23 bits per heavy atom. The van der Waals surface area contributed by atoms with Gasteiger partial charge in [-0.1, -0.05) is 0 Å². The molecule has 140 valence electrons. The largest absolute Gasteiger partial charge is 0.385 e. The van der Waals surface area contributed by atoms with E-state index in [2.05, 4.69) is 4.90 Å². The zero-order chi connectivity index (χ0) is 18.5. The summed E-state index contributed by atoms with van der Waals surface area (Å²) in [5.41, 5.74) is 1.19. The fraction of sp³-hybridized carbons (Fsp3) is 0.474. The van der Waals surface area contributed by atoms with E-state index < -0.39 is 0 Å². The quantitative estimate of drug-likeness (QED) is 0.555. The van der Waals surface area contributed by atoms with Crippen LogP contribution >= 0.6 is 11.8 Å². The third kappa shape index (κ3) is 4.27. The Balaban J connectivity index is 1.73. The zero-order valence-corrected chi connectivity index (χ0v) is 15.7. The molecule has 0 spiro atoms. The minimum absolute atomic E-state index is 0.261. The van der Waals surface area contributed by atoms with Crippen LogP contribution < -0.4 is 4.90 Å².